The van der Waals surface area contributed by atoms with Crippen molar-refractivity contribution in [1.29, 1.82) is 0 Å². The second-order valence-electron chi connectivity index (χ2n) is 6.58. The number of hydrogen-bond acceptors (Lipinski definition) is 9. The molecule has 3 aromatic heterocycles. The van der Waals surface area contributed by atoms with E-state index >= 15 is 0 Å². The fraction of sp³-hybridized carbons (Fsp3) is 0. The molecule has 0 unspecified atom stereocenters. The molecule has 0 radical (unpaired) electrons. The number of nitrogen functional groups attached to an aromatic ring is 1. The van der Waals surface area contributed by atoms with Crippen molar-refractivity contribution >= 4 is 70.8 Å². The number of benzene rings is 2. The van der Waals surface area contributed by atoms with Gasteiger partial charge < -0.3 is 11.1 Å². The topological polar surface area (TPSA) is 124 Å². The molecule has 7 nitrogen and oxygen atoms in total. The molecule has 5 N–H and O–H groups in total. The van der Waals surface area contributed by atoms with Gasteiger partial charge in [-0.05, 0) is 18.2 Å². The van der Waals surface area contributed by atoms with Crippen LogP contribution in [0.3, 0.4) is 0 Å². The van der Waals surface area contributed by atoms with Gasteiger partial charge >= 0.3 is 0 Å². The van der Waals surface area contributed by atoms with E-state index in [0.29, 0.717) is 16.6 Å². The van der Waals surface area contributed by atoms with Crippen molar-refractivity contribution in [3.05, 3.63) is 59.3 Å². The van der Waals surface area contributed by atoms with E-state index < -0.39 is 10.0 Å². The van der Waals surface area contributed by atoms with Crippen LogP contribution in [0.4, 0.5) is 16.6 Å². The summed E-state index contributed by atoms with van der Waals surface area (Å²) in [5, 5.41) is 14.8. The summed E-state index contributed by atoms with van der Waals surface area (Å²) in [6, 6.07) is 14.6. The zero-order valence-electron chi connectivity index (χ0n) is 15.8. The SMILES string of the molecule is Nc1nc(Nc2ccccc2S(N)(=O)=O)sc1-c1nc(-c2csc3ccccc23)cs1. The maximum atomic E-state index is 11.8. The van der Waals surface area contributed by atoms with Gasteiger partial charge in [0.1, 0.15) is 20.6 Å². The van der Waals surface area contributed by atoms with Crippen molar-refractivity contribution in [2.75, 3.05) is 11.1 Å². The fourth-order valence-corrected chi connectivity index (χ4v) is 6.61. The number of hydrogen-bond donors (Lipinski definition) is 3. The van der Waals surface area contributed by atoms with E-state index in [1.807, 2.05) is 17.5 Å². The number of rotatable bonds is 5. The third-order valence-electron chi connectivity index (χ3n) is 4.54. The highest BCUT2D eigenvalue weighted by atomic mass is 32.2. The first-order valence-electron chi connectivity index (χ1n) is 8.98. The number of primary sulfonamides is 1. The summed E-state index contributed by atoms with van der Waals surface area (Å²) in [7, 11) is -3.88. The molecule has 2 aromatic carbocycles. The number of nitrogens with one attached hydrogen (secondary N) is 1. The minimum atomic E-state index is -3.88. The Kier molecular flexibility index (Phi) is 4.99. The molecule has 0 saturated heterocycles. The van der Waals surface area contributed by atoms with Gasteiger partial charge in [-0.2, -0.15) is 0 Å². The minimum Gasteiger partial charge on any atom is -0.382 e. The van der Waals surface area contributed by atoms with Gasteiger partial charge in [0.2, 0.25) is 10.0 Å². The van der Waals surface area contributed by atoms with E-state index in [1.165, 1.54) is 38.8 Å². The number of anilines is 3. The molecule has 5 aromatic rings. The second-order valence-corrected chi connectivity index (χ2v) is 10.9. The van der Waals surface area contributed by atoms with Gasteiger partial charge in [0, 0.05) is 26.4 Å². The van der Waals surface area contributed by atoms with Crippen LogP contribution in [0.2, 0.25) is 0 Å². The van der Waals surface area contributed by atoms with Crippen molar-refractivity contribution in [2.24, 2.45) is 5.14 Å². The Bertz CT molecular complexity index is 1520. The summed E-state index contributed by atoms with van der Waals surface area (Å²) >= 11 is 4.49. The van der Waals surface area contributed by atoms with Crippen LogP contribution in [0.25, 0.3) is 31.2 Å². The normalized spacial score (nSPS) is 11.8. The molecular formula is C20H15N5O2S4. The van der Waals surface area contributed by atoms with E-state index in [0.717, 1.165) is 21.1 Å². The van der Waals surface area contributed by atoms with E-state index in [2.05, 4.69) is 27.8 Å². The van der Waals surface area contributed by atoms with Gasteiger partial charge in [-0.25, -0.2) is 23.5 Å². The predicted molar refractivity (Wildman–Crippen MR) is 130 cm³/mol. The molecule has 0 bridgehead atoms. The molecule has 0 aliphatic rings. The lowest BCUT2D eigenvalue weighted by molar-refractivity contribution is 0.598. The van der Waals surface area contributed by atoms with Crippen LogP contribution in [0, 0.1) is 0 Å². The average molecular weight is 486 g/mol. The highest BCUT2D eigenvalue weighted by Gasteiger charge is 2.19. The van der Waals surface area contributed by atoms with Crippen LogP contribution in [0.1, 0.15) is 0 Å². The predicted octanol–water partition coefficient (Wildman–Crippen LogP) is 5.12. The zero-order valence-corrected chi connectivity index (χ0v) is 19.0. The number of sulfonamides is 1. The molecule has 3 heterocycles. The molecule has 0 aliphatic heterocycles. The average Bonchev–Trinajstić information content (AvgIpc) is 3.45. The molecule has 156 valence electrons. The first-order valence-corrected chi connectivity index (χ1v) is 13.1. The van der Waals surface area contributed by atoms with E-state index in [1.54, 1.807) is 29.5 Å². The van der Waals surface area contributed by atoms with Crippen LogP contribution in [0.5, 0.6) is 0 Å². The fourth-order valence-electron chi connectivity index (χ4n) is 3.15. The van der Waals surface area contributed by atoms with Crippen LogP contribution in [-0.4, -0.2) is 18.4 Å². The largest absolute Gasteiger partial charge is 0.382 e. The monoisotopic (exact) mass is 485 g/mol. The zero-order chi connectivity index (χ0) is 21.6. The molecule has 0 aliphatic carbocycles. The molecule has 0 atom stereocenters. The Morgan fingerprint density at radius 1 is 0.935 bits per heavy atom. The summed E-state index contributed by atoms with van der Waals surface area (Å²) in [4.78, 5) is 9.85. The van der Waals surface area contributed by atoms with Crippen molar-refractivity contribution in [1.82, 2.24) is 9.97 Å². The van der Waals surface area contributed by atoms with Gasteiger partial charge in [-0.1, -0.05) is 41.7 Å². The second kappa shape index (κ2) is 7.70. The maximum absolute atomic E-state index is 11.8. The van der Waals surface area contributed by atoms with E-state index in [-0.39, 0.29) is 4.90 Å². The Labute approximate surface area is 190 Å². The molecule has 0 saturated carbocycles. The van der Waals surface area contributed by atoms with Gasteiger partial charge in [-0.15, -0.1) is 22.7 Å². The standard InChI is InChI=1S/C20H15N5O2S4/c21-18-17(30-20(25-18)24-13-6-2-4-8-16(13)31(22,26)27)19-23-14(10-29-19)12-9-28-15-7-3-1-5-11(12)15/h1-10H,21H2,(H,24,25)(H2,22,26,27). The quantitative estimate of drug-likeness (QED) is 0.317. The highest BCUT2D eigenvalue weighted by molar-refractivity contribution is 7.89. The van der Waals surface area contributed by atoms with Gasteiger partial charge in [0.15, 0.2) is 5.13 Å². The Morgan fingerprint density at radius 3 is 2.55 bits per heavy atom. The smallest absolute Gasteiger partial charge is 0.240 e. The van der Waals surface area contributed by atoms with Crippen LogP contribution < -0.4 is 16.2 Å². The van der Waals surface area contributed by atoms with Crippen LogP contribution in [-0.2, 0) is 10.0 Å². The van der Waals surface area contributed by atoms with E-state index in [9.17, 15) is 8.42 Å². The lowest BCUT2D eigenvalue weighted by Gasteiger charge is -2.07. The minimum absolute atomic E-state index is 0.00816. The molecular weight excluding hydrogens is 471 g/mol. The van der Waals surface area contributed by atoms with Crippen LogP contribution in [0.15, 0.2) is 64.2 Å². The van der Waals surface area contributed by atoms with Crippen LogP contribution >= 0.6 is 34.0 Å². The highest BCUT2D eigenvalue weighted by Crippen LogP contribution is 2.41. The summed E-state index contributed by atoms with van der Waals surface area (Å²) in [5.41, 5.74) is 8.47. The van der Waals surface area contributed by atoms with Crippen molar-refractivity contribution in [2.45, 2.75) is 4.90 Å². The molecule has 0 fully saturated rings. The molecule has 0 spiro atoms. The molecule has 11 heteroatoms. The van der Waals surface area contributed by atoms with E-state index in [4.69, 9.17) is 15.9 Å². The van der Waals surface area contributed by atoms with Crippen molar-refractivity contribution in [3.8, 4) is 21.1 Å². The molecule has 5 rings (SSSR count). The lowest BCUT2D eigenvalue weighted by Crippen LogP contribution is -2.13. The number of fused-ring (bicyclic) bond motifs is 1. The first-order chi connectivity index (χ1) is 14.9. The molecule has 31 heavy (non-hydrogen) atoms. The maximum Gasteiger partial charge on any atom is 0.240 e. The van der Waals surface area contributed by atoms with Gasteiger partial charge in [-0.3, -0.25) is 0 Å². The summed E-state index contributed by atoms with van der Waals surface area (Å²) < 4.78 is 24.9. The number of nitrogens with two attached hydrogens (primary N) is 2. The Hall–Kier alpha value is -2.83. The van der Waals surface area contributed by atoms with Crippen molar-refractivity contribution in [3.63, 3.8) is 0 Å². The number of para-hydroxylation sites is 1. The van der Waals surface area contributed by atoms with Gasteiger partial charge in [0.05, 0.1) is 11.4 Å². The van der Waals surface area contributed by atoms with Gasteiger partial charge in [0.25, 0.3) is 0 Å². The Balaban J connectivity index is 1.48. The third-order valence-corrected chi connectivity index (χ3v) is 8.46. The third kappa shape index (κ3) is 3.82. The number of thiazole rings is 2. The summed E-state index contributed by atoms with van der Waals surface area (Å²) in [6.07, 6.45) is 0. The summed E-state index contributed by atoms with van der Waals surface area (Å²) in [6.45, 7) is 0. The Morgan fingerprint density at radius 2 is 1.71 bits per heavy atom. The number of nitrogens with zero attached hydrogens (tertiary/aromatic N) is 2. The number of thiophene rings is 1. The lowest BCUT2D eigenvalue weighted by atomic mass is 10.1. The number of aromatic nitrogens is 2. The summed E-state index contributed by atoms with van der Waals surface area (Å²) in [5.74, 6) is 0.330. The molecule has 0 amide bonds. The first kappa shape index (κ1) is 20.1. The van der Waals surface area contributed by atoms with Crippen molar-refractivity contribution < 1.29 is 8.42 Å².